The van der Waals surface area contributed by atoms with Crippen molar-refractivity contribution in [1.82, 2.24) is 15.0 Å². The Bertz CT molecular complexity index is 1150. The molecule has 1 atom stereocenters. The van der Waals surface area contributed by atoms with Crippen LogP contribution in [0.3, 0.4) is 0 Å². The van der Waals surface area contributed by atoms with Crippen LogP contribution in [-0.4, -0.2) is 38.4 Å². The van der Waals surface area contributed by atoms with Crippen molar-refractivity contribution in [1.29, 1.82) is 0 Å². The number of fused-ring (bicyclic) bond motifs is 1. The second-order valence-corrected chi connectivity index (χ2v) is 9.18. The Labute approximate surface area is 182 Å². The van der Waals surface area contributed by atoms with E-state index < -0.39 is 10.0 Å². The van der Waals surface area contributed by atoms with Gasteiger partial charge in [-0.25, -0.2) is 18.1 Å². The molecule has 1 aromatic heterocycles. The average molecular weight is 437 g/mol. The topological polar surface area (TPSA) is 100 Å². The SMILES string of the molecule is O=C(NC1Cc2ccc(S(=O)(=O)NCCNc3ccccn3)cc2C1)c1ccccc1. The molecule has 7 nitrogen and oxygen atoms in total. The minimum atomic E-state index is -3.62. The van der Waals surface area contributed by atoms with Crippen molar-refractivity contribution in [2.75, 3.05) is 18.4 Å². The number of aromatic nitrogens is 1. The summed E-state index contributed by atoms with van der Waals surface area (Å²) in [5.74, 6) is 0.580. The fourth-order valence-corrected chi connectivity index (χ4v) is 4.73. The van der Waals surface area contributed by atoms with Crippen molar-refractivity contribution in [2.24, 2.45) is 0 Å². The Morgan fingerprint density at radius 2 is 1.71 bits per heavy atom. The molecular weight excluding hydrogens is 412 g/mol. The zero-order chi connectivity index (χ0) is 21.7. The quantitative estimate of drug-likeness (QED) is 0.471. The van der Waals surface area contributed by atoms with Gasteiger partial charge in [0.15, 0.2) is 0 Å². The van der Waals surface area contributed by atoms with Crippen molar-refractivity contribution in [2.45, 2.75) is 23.8 Å². The average Bonchev–Trinajstić information content (AvgIpc) is 3.19. The second-order valence-electron chi connectivity index (χ2n) is 7.41. The first kappa shape index (κ1) is 21.0. The number of hydrogen-bond acceptors (Lipinski definition) is 5. The lowest BCUT2D eigenvalue weighted by Crippen LogP contribution is -2.35. The smallest absolute Gasteiger partial charge is 0.251 e. The van der Waals surface area contributed by atoms with Crippen LogP contribution in [0.5, 0.6) is 0 Å². The largest absolute Gasteiger partial charge is 0.369 e. The monoisotopic (exact) mass is 436 g/mol. The third kappa shape index (κ3) is 5.28. The number of carbonyl (C=O) groups is 1. The summed E-state index contributed by atoms with van der Waals surface area (Å²) in [6.07, 6.45) is 2.97. The van der Waals surface area contributed by atoms with Gasteiger partial charge in [-0.05, 0) is 60.4 Å². The van der Waals surface area contributed by atoms with Gasteiger partial charge in [-0.1, -0.05) is 30.3 Å². The predicted octanol–water partition coefficient (Wildman–Crippen LogP) is 2.37. The number of hydrogen-bond donors (Lipinski definition) is 3. The van der Waals surface area contributed by atoms with E-state index in [2.05, 4.69) is 20.3 Å². The van der Waals surface area contributed by atoms with E-state index in [0.717, 1.165) is 11.1 Å². The first-order chi connectivity index (χ1) is 15.0. The van der Waals surface area contributed by atoms with E-state index in [-0.39, 0.29) is 23.4 Å². The van der Waals surface area contributed by atoms with Crippen LogP contribution in [0.25, 0.3) is 0 Å². The van der Waals surface area contributed by atoms with Crippen molar-refractivity contribution >= 4 is 21.7 Å². The lowest BCUT2D eigenvalue weighted by molar-refractivity contribution is 0.0938. The van der Waals surface area contributed by atoms with Crippen molar-refractivity contribution in [3.63, 3.8) is 0 Å². The van der Waals surface area contributed by atoms with Gasteiger partial charge in [0.1, 0.15) is 5.82 Å². The number of anilines is 1. The first-order valence-corrected chi connectivity index (χ1v) is 11.6. The van der Waals surface area contributed by atoms with E-state index in [4.69, 9.17) is 0 Å². The molecule has 0 spiro atoms. The van der Waals surface area contributed by atoms with E-state index in [1.807, 2.05) is 42.5 Å². The van der Waals surface area contributed by atoms with Gasteiger partial charge in [0, 0.05) is 30.9 Å². The molecule has 3 aromatic rings. The molecule has 1 unspecified atom stereocenters. The highest BCUT2D eigenvalue weighted by Crippen LogP contribution is 2.25. The maximum Gasteiger partial charge on any atom is 0.251 e. The van der Waals surface area contributed by atoms with Crippen LogP contribution >= 0.6 is 0 Å². The van der Waals surface area contributed by atoms with Crippen LogP contribution in [0.15, 0.2) is 77.8 Å². The van der Waals surface area contributed by atoms with Crippen LogP contribution in [0.1, 0.15) is 21.5 Å². The van der Waals surface area contributed by atoms with Crippen molar-refractivity contribution in [3.05, 3.63) is 89.6 Å². The molecule has 0 bridgehead atoms. The molecule has 0 aliphatic heterocycles. The van der Waals surface area contributed by atoms with Gasteiger partial charge in [0.05, 0.1) is 4.90 Å². The van der Waals surface area contributed by atoms with Crippen LogP contribution in [0, 0.1) is 0 Å². The van der Waals surface area contributed by atoms with Crippen molar-refractivity contribution < 1.29 is 13.2 Å². The number of pyridine rings is 1. The second kappa shape index (κ2) is 9.28. The Morgan fingerprint density at radius 1 is 0.935 bits per heavy atom. The molecule has 0 fully saturated rings. The standard InChI is InChI=1S/C23H24N4O3S/c28-23(17-6-2-1-3-7-17)27-20-14-18-9-10-21(16-19(18)15-20)31(29,30)26-13-12-25-22-8-4-5-11-24-22/h1-11,16,20,26H,12-15H2,(H,24,25)(H,27,28). The highest BCUT2D eigenvalue weighted by atomic mass is 32.2. The number of rotatable bonds is 8. The molecule has 3 N–H and O–H groups in total. The van der Waals surface area contributed by atoms with Crippen molar-refractivity contribution in [3.8, 4) is 0 Å². The zero-order valence-corrected chi connectivity index (χ0v) is 17.7. The fourth-order valence-electron chi connectivity index (χ4n) is 3.65. The summed E-state index contributed by atoms with van der Waals surface area (Å²) in [5, 5.41) is 6.11. The zero-order valence-electron chi connectivity index (χ0n) is 16.9. The molecule has 0 saturated carbocycles. The molecule has 4 rings (SSSR count). The Hall–Kier alpha value is -3.23. The number of amides is 1. The van der Waals surface area contributed by atoms with Crippen LogP contribution in [-0.2, 0) is 22.9 Å². The van der Waals surface area contributed by atoms with Gasteiger partial charge in [0.25, 0.3) is 5.91 Å². The van der Waals surface area contributed by atoms with E-state index >= 15 is 0 Å². The van der Waals surface area contributed by atoms with Gasteiger partial charge >= 0.3 is 0 Å². The highest BCUT2D eigenvalue weighted by Gasteiger charge is 2.25. The van der Waals surface area contributed by atoms with E-state index in [1.165, 1.54) is 0 Å². The third-order valence-corrected chi connectivity index (χ3v) is 6.64. The number of nitrogens with zero attached hydrogens (tertiary/aromatic N) is 1. The predicted molar refractivity (Wildman–Crippen MR) is 119 cm³/mol. The number of benzene rings is 2. The molecule has 31 heavy (non-hydrogen) atoms. The van der Waals surface area contributed by atoms with Crippen LogP contribution in [0.4, 0.5) is 5.82 Å². The Kier molecular flexibility index (Phi) is 6.29. The van der Waals surface area contributed by atoms with Gasteiger partial charge in [-0.15, -0.1) is 0 Å². The third-order valence-electron chi connectivity index (χ3n) is 5.18. The molecule has 2 aromatic carbocycles. The van der Waals surface area contributed by atoms with Crippen LogP contribution in [0.2, 0.25) is 0 Å². The Balaban J connectivity index is 1.33. The normalized spacial score (nSPS) is 15.3. The van der Waals surface area contributed by atoms with Crippen LogP contribution < -0.4 is 15.4 Å². The van der Waals surface area contributed by atoms with Gasteiger partial charge in [-0.3, -0.25) is 4.79 Å². The summed E-state index contributed by atoms with van der Waals surface area (Å²) in [4.78, 5) is 16.8. The maximum atomic E-state index is 12.7. The molecule has 160 valence electrons. The summed E-state index contributed by atoms with van der Waals surface area (Å²) in [7, 11) is -3.62. The lowest BCUT2D eigenvalue weighted by Gasteiger charge is -2.11. The van der Waals surface area contributed by atoms with Gasteiger partial charge in [0.2, 0.25) is 10.0 Å². The summed E-state index contributed by atoms with van der Waals surface area (Å²) in [5.41, 5.74) is 2.63. The first-order valence-electron chi connectivity index (χ1n) is 10.1. The molecule has 1 aliphatic carbocycles. The molecule has 1 aliphatic rings. The minimum Gasteiger partial charge on any atom is -0.369 e. The summed E-state index contributed by atoms with van der Waals surface area (Å²) in [6, 6.07) is 19.7. The van der Waals surface area contributed by atoms with E-state index in [0.29, 0.717) is 30.8 Å². The molecular formula is C23H24N4O3S. The van der Waals surface area contributed by atoms with Gasteiger partial charge < -0.3 is 10.6 Å². The van der Waals surface area contributed by atoms with Gasteiger partial charge in [-0.2, -0.15) is 0 Å². The molecule has 0 radical (unpaired) electrons. The number of nitrogens with one attached hydrogen (secondary N) is 3. The highest BCUT2D eigenvalue weighted by molar-refractivity contribution is 7.89. The summed E-state index contributed by atoms with van der Waals surface area (Å²) in [6.45, 7) is 0.667. The lowest BCUT2D eigenvalue weighted by atomic mass is 10.1. The minimum absolute atomic E-state index is 0.0452. The maximum absolute atomic E-state index is 12.7. The fraction of sp³-hybridized carbons (Fsp3) is 0.217. The van der Waals surface area contributed by atoms with E-state index in [1.54, 1.807) is 30.5 Å². The summed E-state index contributed by atoms with van der Waals surface area (Å²) < 4.78 is 27.9. The summed E-state index contributed by atoms with van der Waals surface area (Å²) >= 11 is 0. The molecule has 1 amide bonds. The molecule has 0 saturated heterocycles. The number of sulfonamides is 1. The Morgan fingerprint density at radius 3 is 2.48 bits per heavy atom. The molecule has 1 heterocycles. The molecule has 8 heteroatoms. The van der Waals surface area contributed by atoms with E-state index in [9.17, 15) is 13.2 Å². The number of carbonyl (C=O) groups excluding carboxylic acids is 1.